The normalized spacial score (nSPS) is 11.2. The first-order valence-electron chi connectivity index (χ1n) is 9.17. The summed E-state index contributed by atoms with van der Waals surface area (Å²) in [6, 6.07) is 16.5. The van der Waals surface area contributed by atoms with E-state index in [-0.39, 0.29) is 0 Å². The van der Waals surface area contributed by atoms with E-state index in [9.17, 15) is 4.79 Å². The third-order valence-corrected chi connectivity index (χ3v) is 4.48. The monoisotopic (exact) mass is 396 g/mol. The zero-order chi connectivity index (χ0) is 21.0. The molecule has 0 saturated carbocycles. The van der Waals surface area contributed by atoms with Crippen LogP contribution in [0.4, 0.5) is 0 Å². The van der Waals surface area contributed by atoms with Crippen molar-refractivity contribution < 1.29 is 28.5 Å². The molecule has 29 heavy (non-hydrogen) atoms. The number of rotatable bonds is 8. The Morgan fingerprint density at radius 2 is 1.72 bits per heavy atom. The Morgan fingerprint density at radius 3 is 2.38 bits per heavy atom. The van der Waals surface area contributed by atoms with E-state index in [0.717, 1.165) is 28.4 Å². The van der Waals surface area contributed by atoms with E-state index in [4.69, 9.17) is 23.7 Å². The topological polar surface area (TPSA) is 78.1 Å². The molecule has 2 aromatic carbocycles. The summed E-state index contributed by atoms with van der Waals surface area (Å²) in [7, 11) is 1.63. The molecule has 0 atom stereocenters. The number of carbonyl (C=O) groups is 1. The van der Waals surface area contributed by atoms with Crippen molar-refractivity contribution in [2.24, 2.45) is 0 Å². The highest BCUT2D eigenvalue weighted by Gasteiger charge is 2.29. The van der Waals surface area contributed by atoms with Gasteiger partial charge < -0.3 is 23.7 Å². The van der Waals surface area contributed by atoms with Crippen molar-refractivity contribution in [3.63, 3.8) is 0 Å². The minimum atomic E-state index is -1.30. The molecule has 1 N–H and O–H groups in total. The molecule has 0 aliphatic carbocycles. The second-order valence-corrected chi connectivity index (χ2v) is 7.10. The van der Waals surface area contributed by atoms with Gasteiger partial charge in [-0.05, 0) is 63.2 Å². The van der Waals surface area contributed by atoms with Crippen molar-refractivity contribution in [3.05, 3.63) is 65.9 Å². The van der Waals surface area contributed by atoms with E-state index in [1.807, 2.05) is 37.3 Å². The molecule has 0 unspecified atom stereocenters. The van der Waals surface area contributed by atoms with E-state index >= 15 is 0 Å². The van der Waals surface area contributed by atoms with Crippen LogP contribution in [0.2, 0.25) is 0 Å². The lowest BCUT2D eigenvalue weighted by molar-refractivity contribution is -0.152. The second kappa shape index (κ2) is 8.31. The Bertz CT molecular complexity index is 985. The number of furan rings is 1. The molecule has 0 fully saturated rings. The number of hydrogen-bond acceptors (Lipinski definition) is 5. The first-order valence-corrected chi connectivity index (χ1v) is 9.17. The Labute approximate surface area is 169 Å². The Hall–Kier alpha value is -3.41. The van der Waals surface area contributed by atoms with Gasteiger partial charge in [-0.25, -0.2) is 4.79 Å². The van der Waals surface area contributed by atoms with E-state index in [0.29, 0.717) is 18.1 Å². The maximum Gasteiger partial charge on any atom is 0.347 e. The maximum absolute atomic E-state index is 11.2. The molecule has 0 amide bonds. The van der Waals surface area contributed by atoms with Gasteiger partial charge in [0.15, 0.2) is 5.60 Å². The van der Waals surface area contributed by atoms with Gasteiger partial charge in [-0.3, -0.25) is 0 Å². The number of aryl methyl sites for hydroxylation is 1. The molecule has 6 heteroatoms. The zero-order valence-electron chi connectivity index (χ0n) is 16.9. The highest BCUT2D eigenvalue weighted by Crippen LogP contribution is 2.29. The molecule has 1 heterocycles. The van der Waals surface area contributed by atoms with Crippen molar-refractivity contribution in [3.8, 4) is 28.6 Å². The molecule has 0 radical (unpaired) electrons. The lowest BCUT2D eigenvalue weighted by Crippen LogP contribution is -2.37. The Morgan fingerprint density at radius 1 is 1.03 bits per heavy atom. The number of methoxy groups -OCH3 is 1. The number of hydrogen-bond donors (Lipinski definition) is 1. The largest absolute Gasteiger partial charge is 0.497 e. The highest BCUT2D eigenvalue weighted by atomic mass is 16.5. The minimum Gasteiger partial charge on any atom is -0.497 e. The van der Waals surface area contributed by atoms with Crippen molar-refractivity contribution in [2.75, 3.05) is 7.11 Å². The SMILES string of the molecule is COc1cccc(-c2cc(COc3ccc(OC(C)(C)C(=O)O)cc3)c(C)o2)c1. The van der Waals surface area contributed by atoms with Crippen molar-refractivity contribution in [1.82, 2.24) is 0 Å². The molecule has 0 spiro atoms. The van der Waals surface area contributed by atoms with Crippen LogP contribution >= 0.6 is 0 Å². The first kappa shape index (κ1) is 20.3. The number of benzene rings is 2. The molecule has 0 aliphatic rings. The third kappa shape index (κ3) is 4.90. The van der Waals surface area contributed by atoms with E-state index in [1.54, 1.807) is 31.4 Å². The quantitative estimate of drug-likeness (QED) is 0.572. The van der Waals surface area contributed by atoms with Crippen LogP contribution in [0.15, 0.2) is 59.0 Å². The average molecular weight is 396 g/mol. The molecule has 1 aromatic heterocycles. The molecule has 0 bridgehead atoms. The summed E-state index contributed by atoms with van der Waals surface area (Å²) < 4.78 is 22.5. The summed E-state index contributed by atoms with van der Waals surface area (Å²) in [4.78, 5) is 11.2. The van der Waals surface area contributed by atoms with Gasteiger partial charge in [0.25, 0.3) is 0 Å². The molecule has 6 nitrogen and oxygen atoms in total. The van der Waals surface area contributed by atoms with Crippen LogP contribution in [0, 0.1) is 6.92 Å². The fourth-order valence-electron chi connectivity index (χ4n) is 2.68. The van der Waals surface area contributed by atoms with Crippen LogP contribution < -0.4 is 14.2 Å². The number of carboxylic acid groups (broad SMARTS) is 1. The van der Waals surface area contributed by atoms with Gasteiger partial charge in [-0.2, -0.15) is 0 Å². The Kier molecular flexibility index (Phi) is 5.82. The Balaban J connectivity index is 1.66. The van der Waals surface area contributed by atoms with E-state index in [1.165, 1.54) is 13.8 Å². The number of aliphatic carboxylic acids is 1. The number of carboxylic acids is 1. The van der Waals surface area contributed by atoms with E-state index < -0.39 is 11.6 Å². The van der Waals surface area contributed by atoms with Crippen LogP contribution in [-0.4, -0.2) is 23.8 Å². The smallest absolute Gasteiger partial charge is 0.347 e. The zero-order valence-corrected chi connectivity index (χ0v) is 16.9. The van der Waals surface area contributed by atoms with Gasteiger partial charge in [0, 0.05) is 11.1 Å². The molecule has 3 aromatic rings. The average Bonchev–Trinajstić information content (AvgIpc) is 3.08. The van der Waals surface area contributed by atoms with Gasteiger partial charge in [0.05, 0.1) is 7.11 Å². The predicted molar refractivity (Wildman–Crippen MR) is 109 cm³/mol. The van der Waals surface area contributed by atoms with Gasteiger partial charge in [0.1, 0.15) is 35.4 Å². The van der Waals surface area contributed by atoms with Crippen LogP contribution in [0.5, 0.6) is 17.2 Å². The summed E-state index contributed by atoms with van der Waals surface area (Å²) >= 11 is 0. The molecular formula is C23H24O6. The summed E-state index contributed by atoms with van der Waals surface area (Å²) in [5.41, 5.74) is 0.573. The van der Waals surface area contributed by atoms with Gasteiger partial charge in [-0.1, -0.05) is 12.1 Å². The highest BCUT2D eigenvalue weighted by molar-refractivity contribution is 5.76. The fourth-order valence-corrected chi connectivity index (χ4v) is 2.68. The summed E-state index contributed by atoms with van der Waals surface area (Å²) in [6.45, 7) is 5.25. The van der Waals surface area contributed by atoms with Crippen LogP contribution in [-0.2, 0) is 11.4 Å². The second-order valence-electron chi connectivity index (χ2n) is 7.10. The van der Waals surface area contributed by atoms with Crippen LogP contribution in [0.25, 0.3) is 11.3 Å². The van der Waals surface area contributed by atoms with Crippen LogP contribution in [0.3, 0.4) is 0 Å². The third-order valence-electron chi connectivity index (χ3n) is 4.48. The lowest BCUT2D eigenvalue weighted by Gasteiger charge is -2.21. The summed E-state index contributed by atoms with van der Waals surface area (Å²) in [5.74, 6) is 2.38. The minimum absolute atomic E-state index is 0.347. The van der Waals surface area contributed by atoms with Crippen LogP contribution in [0.1, 0.15) is 25.2 Å². The van der Waals surface area contributed by atoms with Crippen molar-refractivity contribution in [1.29, 1.82) is 0 Å². The lowest BCUT2D eigenvalue weighted by atomic mass is 10.1. The van der Waals surface area contributed by atoms with Gasteiger partial charge in [0.2, 0.25) is 0 Å². The fraction of sp³-hybridized carbons (Fsp3) is 0.261. The van der Waals surface area contributed by atoms with Gasteiger partial charge >= 0.3 is 5.97 Å². The molecule has 3 rings (SSSR count). The van der Waals surface area contributed by atoms with Crippen molar-refractivity contribution in [2.45, 2.75) is 33.0 Å². The molecule has 0 saturated heterocycles. The van der Waals surface area contributed by atoms with Crippen molar-refractivity contribution >= 4 is 5.97 Å². The van der Waals surface area contributed by atoms with Gasteiger partial charge in [-0.15, -0.1) is 0 Å². The maximum atomic E-state index is 11.2. The molecule has 152 valence electrons. The standard InChI is InChI=1S/C23H24O6/c1-15-17(13-21(28-15)16-6-5-7-20(12-16)26-4)14-27-18-8-10-19(11-9-18)29-23(2,3)22(24)25/h5-13H,14H2,1-4H3,(H,24,25). The molecule has 0 aliphatic heterocycles. The summed E-state index contributed by atoms with van der Waals surface area (Å²) in [6.07, 6.45) is 0. The predicted octanol–water partition coefficient (Wildman–Crippen LogP) is 5.08. The molecular weight excluding hydrogens is 372 g/mol. The first-order chi connectivity index (χ1) is 13.8. The van der Waals surface area contributed by atoms with E-state index in [2.05, 4.69) is 0 Å². The number of ether oxygens (including phenoxy) is 3. The summed E-state index contributed by atoms with van der Waals surface area (Å²) in [5, 5.41) is 9.14.